The molecule has 8 nitrogen and oxygen atoms in total. The zero-order valence-electron chi connectivity index (χ0n) is 22.1. The maximum atomic E-state index is 9.74. The van der Waals surface area contributed by atoms with Gasteiger partial charge in [0.25, 0.3) is 0 Å². The van der Waals surface area contributed by atoms with Crippen LogP contribution in [-0.4, -0.2) is 32.2 Å². The van der Waals surface area contributed by atoms with Crippen molar-refractivity contribution in [2.75, 3.05) is 0 Å². The van der Waals surface area contributed by atoms with Crippen LogP contribution in [-0.2, 0) is 23.9 Å². The lowest BCUT2D eigenvalue weighted by atomic mass is 9.82. The van der Waals surface area contributed by atoms with E-state index in [1.54, 1.807) is 0 Å². The highest BCUT2D eigenvalue weighted by atomic mass is 15.1. The third kappa shape index (κ3) is 7.68. The lowest BCUT2D eigenvalue weighted by molar-refractivity contribution is 0.346. The van der Waals surface area contributed by atoms with Crippen LogP contribution in [0.4, 0.5) is 0 Å². The summed E-state index contributed by atoms with van der Waals surface area (Å²) in [6, 6.07) is 6.37. The highest BCUT2D eigenvalue weighted by molar-refractivity contribution is 5.16. The summed E-state index contributed by atoms with van der Waals surface area (Å²) in [6.07, 6.45) is 3.64. The van der Waals surface area contributed by atoms with Crippen molar-refractivity contribution in [3.63, 3.8) is 0 Å². The third-order valence-corrected chi connectivity index (χ3v) is 6.43. The molecule has 34 heavy (non-hydrogen) atoms. The van der Waals surface area contributed by atoms with Gasteiger partial charge in [-0.25, -0.2) is 4.98 Å². The number of aromatic amines is 2. The average molecular weight is 467 g/mol. The molecule has 0 bridgehead atoms. The molecule has 0 aromatic carbocycles. The van der Waals surface area contributed by atoms with Crippen LogP contribution in [0.5, 0.6) is 0 Å². The number of aromatic nitrogens is 4. The number of hydrogen-bond donors (Lipinski definition) is 4. The topological polar surface area (TPSA) is 129 Å². The van der Waals surface area contributed by atoms with Gasteiger partial charge >= 0.3 is 0 Å². The Labute approximate surface area is 204 Å². The van der Waals surface area contributed by atoms with E-state index in [0.29, 0.717) is 13.1 Å². The van der Waals surface area contributed by atoms with E-state index in [2.05, 4.69) is 90.5 Å². The molecular weight excluding hydrogens is 424 g/mol. The fraction of sp³-hybridized carbons (Fsp3) is 0.692. The predicted molar refractivity (Wildman–Crippen MR) is 135 cm³/mol. The van der Waals surface area contributed by atoms with Crippen LogP contribution >= 0.6 is 0 Å². The van der Waals surface area contributed by atoms with E-state index in [9.17, 15) is 10.5 Å². The molecule has 0 aliphatic heterocycles. The smallest absolute Gasteiger partial charge is 0.111 e. The number of nitriles is 2. The first-order valence-electron chi connectivity index (χ1n) is 12.2. The summed E-state index contributed by atoms with van der Waals surface area (Å²) >= 11 is 0. The zero-order chi connectivity index (χ0) is 25.5. The van der Waals surface area contributed by atoms with Gasteiger partial charge in [-0.2, -0.15) is 15.6 Å². The zero-order valence-corrected chi connectivity index (χ0v) is 22.1. The molecule has 2 aromatic rings. The molecular formula is C26H42N8. The van der Waals surface area contributed by atoms with Gasteiger partial charge in [-0.15, -0.1) is 0 Å². The number of hydrogen-bond acceptors (Lipinski definition) is 6. The van der Waals surface area contributed by atoms with Crippen LogP contribution in [0.25, 0.3) is 0 Å². The van der Waals surface area contributed by atoms with Crippen molar-refractivity contribution < 1.29 is 0 Å². The first kappa shape index (κ1) is 27.6. The van der Waals surface area contributed by atoms with Gasteiger partial charge in [0, 0.05) is 41.5 Å². The van der Waals surface area contributed by atoms with Crippen molar-refractivity contribution in [1.29, 1.82) is 10.5 Å². The Bertz CT molecular complexity index is 980. The van der Waals surface area contributed by atoms with Crippen molar-refractivity contribution >= 4 is 0 Å². The molecule has 3 unspecified atom stereocenters. The van der Waals surface area contributed by atoms with Crippen LogP contribution in [0.1, 0.15) is 91.1 Å². The first-order valence-corrected chi connectivity index (χ1v) is 12.2. The van der Waals surface area contributed by atoms with Crippen molar-refractivity contribution in [1.82, 2.24) is 30.8 Å². The molecule has 0 saturated heterocycles. The molecule has 2 rings (SSSR count). The van der Waals surface area contributed by atoms with Crippen molar-refractivity contribution in [2.24, 2.45) is 11.8 Å². The van der Waals surface area contributed by atoms with Crippen LogP contribution in [0, 0.1) is 34.5 Å². The number of H-pyrrole nitrogens is 2. The van der Waals surface area contributed by atoms with Gasteiger partial charge in [0.2, 0.25) is 0 Å². The minimum atomic E-state index is -0.243. The van der Waals surface area contributed by atoms with E-state index in [1.165, 1.54) is 0 Å². The molecule has 2 aromatic heterocycles. The quantitative estimate of drug-likeness (QED) is 0.366. The lowest BCUT2D eigenvalue weighted by Crippen LogP contribution is -2.34. The summed E-state index contributed by atoms with van der Waals surface area (Å²) in [4.78, 5) is 8.03. The van der Waals surface area contributed by atoms with E-state index < -0.39 is 0 Å². The molecule has 4 N–H and O–H groups in total. The number of rotatable bonds is 12. The van der Waals surface area contributed by atoms with Crippen LogP contribution < -0.4 is 10.6 Å². The fourth-order valence-electron chi connectivity index (χ4n) is 3.75. The standard InChI is InChI=1S/C26H42N8/c1-17(2)21(12-27)29-15-20-16-31-24(32-20)26(7,8)10-9-18(3)22(13-28)30-14-19-11-23(34-33-19)25(4,5)6/h11,16-18,21-22,29-30H,9-10,14-15H2,1-8H3,(H,31,32)(H,33,34). The van der Waals surface area contributed by atoms with Gasteiger partial charge in [0.05, 0.1) is 29.9 Å². The Morgan fingerprint density at radius 1 is 0.971 bits per heavy atom. The average Bonchev–Trinajstić information content (AvgIpc) is 3.43. The summed E-state index contributed by atoms with van der Waals surface area (Å²) < 4.78 is 0. The lowest BCUT2D eigenvalue weighted by Gasteiger charge is -2.26. The normalized spacial score (nSPS) is 15.0. The summed E-state index contributed by atoms with van der Waals surface area (Å²) in [5.41, 5.74) is 2.83. The number of nitrogens with one attached hydrogen (secondary N) is 4. The first-order chi connectivity index (χ1) is 15.9. The summed E-state index contributed by atoms with van der Waals surface area (Å²) in [5, 5.41) is 33.1. The van der Waals surface area contributed by atoms with E-state index in [-0.39, 0.29) is 34.7 Å². The van der Waals surface area contributed by atoms with Gasteiger partial charge in [0.15, 0.2) is 0 Å². The SMILES string of the molecule is CC(C)C(C#N)NCc1cnc(C(C)(C)CCC(C)C(C#N)NCc2cc(C(C)(C)C)n[nH]2)[nH]1. The van der Waals surface area contributed by atoms with Crippen LogP contribution in [0.15, 0.2) is 12.3 Å². The number of nitrogens with zero attached hydrogens (tertiary/aromatic N) is 4. The maximum absolute atomic E-state index is 9.74. The fourth-order valence-corrected chi connectivity index (χ4v) is 3.75. The monoisotopic (exact) mass is 466 g/mol. The van der Waals surface area contributed by atoms with Crippen molar-refractivity contribution in [3.8, 4) is 12.1 Å². The molecule has 0 saturated carbocycles. The van der Waals surface area contributed by atoms with E-state index in [1.807, 2.05) is 20.0 Å². The second-order valence-electron chi connectivity index (χ2n) is 11.4. The minimum absolute atomic E-state index is 0.00408. The van der Waals surface area contributed by atoms with Gasteiger partial charge in [-0.1, -0.05) is 55.4 Å². The maximum Gasteiger partial charge on any atom is 0.111 e. The molecule has 0 aliphatic rings. The molecule has 2 heterocycles. The molecule has 0 fully saturated rings. The Balaban J connectivity index is 1.89. The molecule has 3 atom stereocenters. The Morgan fingerprint density at radius 2 is 1.59 bits per heavy atom. The highest BCUT2D eigenvalue weighted by Gasteiger charge is 2.27. The Morgan fingerprint density at radius 3 is 2.15 bits per heavy atom. The number of imidazole rings is 1. The molecule has 0 aliphatic carbocycles. The predicted octanol–water partition coefficient (Wildman–Crippen LogP) is 4.44. The molecule has 0 spiro atoms. The van der Waals surface area contributed by atoms with Gasteiger partial charge in [-0.3, -0.25) is 15.7 Å². The molecule has 8 heteroatoms. The molecule has 186 valence electrons. The van der Waals surface area contributed by atoms with Gasteiger partial charge in [0.1, 0.15) is 5.82 Å². The highest BCUT2D eigenvalue weighted by Crippen LogP contribution is 2.29. The summed E-state index contributed by atoms with van der Waals surface area (Å²) in [6.45, 7) is 18.1. The Kier molecular flexibility index (Phi) is 9.44. The Hall–Kier alpha value is -2.68. The third-order valence-electron chi connectivity index (χ3n) is 6.43. The van der Waals surface area contributed by atoms with Crippen LogP contribution in [0.2, 0.25) is 0 Å². The summed E-state index contributed by atoms with van der Waals surface area (Å²) in [5.74, 6) is 1.37. The summed E-state index contributed by atoms with van der Waals surface area (Å²) in [7, 11) is 0. The second-order valence-corrected chi connectivity index (χ2v) is 11.4. The van der Waals surface area contributed by atoms with Crippen LogP contribution in [0.3, 0.4) is 0 Å². The largest absolute Gasteiger partial charge is 0.344 e. The second kappa shape index (κ2) is 11.6. The van der Waals surface area contributed by atoms with E-state index >= 15 is 0 Å². The molecule has 0 radical (unpaired) electrons. The van der Waals surface area contributed by atoms with E-state index in [0.717, 1.165) is 35.7 Å². The minimum Gasteiger partial charge on any atom is -0.344 e. The van der Waals surface area contributed by atoms with Crippen molar-refractivity contribution in [3.05, 3.63) is 35.2 Å². The van der Waals surface area contributed by atoms with Gasteiger partial charge < -0.3 is 4.98 Å². The van der Waals surface area contributed by atoms with Crippen molar-refractivity contribution in [2.45, 2.75) is 104 Å². The van der Waals surface area contributed by atoms with E-state index in [4.69, 9.17) is 0 Å². The van der Waals surface area contributed by atoms with Gasteiger partial charge in [-0.05, 0) is 30.7 Å². The molecule has 0 amide bonds.